The lowest BCUT2D eigenvalue weighted by molar-refractivity contribution is 0.100. The second-order valence-electron chi connectivity index (χ2n) is 4.70. The van der Waals surface area contributed by atoms with E-state index in [2.05, 4.69) is 25.5 Å². The fourth-order valence-corrected chi connectivity index (χ4v) is 2.20. The molecular weight excluding hydrogens is 316 g/mol. The molecule has 0 atom stereocenters. The van der Waals surface area contributed by atoms with Gasteiger partial charge in [0.1, 0.15) is 11.4 Å². The third kappa shape index (κ3) is 3.41. The van der Waals surface area contributed by atoms with Gasteiger partial charge < -0.3 is 16.0 Å². The first-order valence-electron chi connectivity index (χ1n) is 6.71. The van der Waals surface area contributed by atoms with Crippen LogP contribution >= 0.6 is 11.6 Å². The predicted molar refractivity (Wildman–Crippen MR) is 89.9 cm³/mol. The lowest BCUT2D eigenvalue weighted by atomic mass is 10.2. The molecule has 0 aliphatic rings. The van der Waals surface area contributed by atoms with Crippen LogP contribution in [-0.4, -0.2) is 27.3 Å². The Kier molecular flexibility index (Phi) is 4.11. The van der Waals surface area contributed by atoms with Crippen molar-refractivity contribution in [2.75, 3.05) is 5.32 Å². The fraction of sp³-hybridized carbons (Fsp3) is 0. The van der Waals surface area contributed by atoms with E-state index in [-0.39, 0.29) is 11.4 Å². The van der Waals surface area contributed by atoms with E-state index in [9.17, 15) is 4.79 Å². The van der Waals surface area contributed by atoms with E-state index in [0.717, 1.165) is 5.56 Å². The van der Waals surface area contributed by atoms with Crippen LogP contribution in [0, 0.1) is 0 Å². The molecule has 1 amide bonds. The first-order valence-corrected chi connectivity index (χ1v) is 7.09. The van der Waals surface area contributed by atoms with E-state index in [1.54, 1.807) is 42.9 Å². The first kappa shape index (κ1) is 14.9. The molecule has 2 aromatic heterocycles. The van der Waals surface area contributed by atoms with Crippen molar-refractivity contribution in [2.45, 2.75) is 0 Å². The number of aliphatic imine (C=N–C) groups is 1. The number of nitrogens with zero attached hydrogens (tertiary/aromatic N) is 2. The summed E-state index contributed by atoms with van der Waals surface area (Å²) in [5.74, 6) is -0.0614. The van der Waals surface area contributed by atoms with Crippen LogP contribution < -0.4 is 11.1 Å². The highest BCUT2D eigenvalue weighted by molar-refractivity contribution is 6.30. The molecule has 0 radical (unpaired) electrons. The Balaban J connectivity index is 1.91. The predicted octanol–water partition coefficient (Wildman–Crippen LogP) is 2.98. The van der Waals surface area contributed by atoms with Gasteiger partial charge in [0.2, 0.25) is 0 Å². The summed E-state index contributed by atoms with van der Waals surface area (Å²) in [6.07, 6.45) is 5.13. The normalized spacial score (nSPS) is 11.0. The maximum atomic E-state index is 11.7. The summed E-state index contributed by atoms with van der Waals surface area (Å²) >= 11 is 5.94. The van der Waals surface area contributed by atoms with Gasteiger partial charge in [0.15, 0.2) is 5.82 Å². The Morgan fingerprint density at radius 1 is 1.39 bits per heavy atom. The van der Waals surface area contributed by atoms with Gasteiger partial charge in [-0.25, -0.2) is 4.99 Å². The van der Waals surface area contributed by atoms with Crippen molar-refractivity contribution in [3.8, 4) is 0 Å². The molecule has 0 spiro atoms. The van der Waals surface area contributed by atoms with Crippen molar-refractivity contribution in [1.82, 2.24) is 15.2 Å². The minimum absolute atomic E-state index is 0.178. The standard InChI is InChI=1S/C15H13ClN6O/c16-10-2-1-3-11(6-10)20-15-12(13(17)23)14(21-22-15)19-8-9-4-5-18-7-9/h1-8,18H,(H2,17,23)(H2,20,21,22). The van der Waals surface area contributed by atoms with Gasteiger partial charge in [0, 0.05) is 34.9 Å². The number of nitrogens with two attached hydrogens (primary N) is 1. The highest BCUT2D eigenvalue weighted by Gasteiger charge is 2.18. The molecule has 0 unspecified atom stereocenters. The maximum Gasteiger partial charge on any atom is 0.256 e. The number of H-pyrrole nitrogens is 2. The molecule has 7 nitrogen and oxygen atoms in total. The number of anilines is 2. The number of benzene rings is 1. The summed E-state index contributed by atoms with van der Waals surface area (Å²) in [7, 11) is 0. The van der Waals surface area contributed by atoms with Crippen molar-refractivity contribution in [2.24, 2.45) is 10.7 Å². The molecule has 5 N–H and O–H groups in total. The van der Waals surface area contributed by atoms with Crippen molar-refractivity contribution >= 4 is 41.0 Å². The SMILES string of the molecule is NC(=O)c1c(N=Cc2cc[nH]c2)n[nH]c1Nc1cccc(Cl)c1. The number of aromatic nitrogens is 3. The minimum Gasteiger partial charge on any atom is -0.367 e. The number of hydrogen-bond acceptors (Lipinski definition) is 4. The highest BCUT2D eigenvalue weighted by atomic mass is 35.5. The van der Waals surface area contributed by atoms with Gasteiger partial charge in [0.25, 0.3) is 5.91 Å². The quantitative estimate of drug-likeness (QED) is 0.540. The van der Waals surface area contributed by atoms with E-state index < -0.39 is 5.91 Å². The molecule has 1 aromatic carbocycles. The van der Waals surface area contributed by atoms with Crippen molar-refractivity contribution in [3.63, 3.8) is 0 Å². The van der Waals surface area contributed by atoms with Gasteiger partial charge >= 0.3 is 0 Å². The van der Waals surface area contributed by atoms with Crippen LogP contribution in [0.3, 0.4) is 0 Å². The smallest absolute Gasteiger partial charge is 0.256 e. The summed E-state index contributed by atoms with van der Waals surface area (Å²) in [6, 6.07) is 8.90. The Labute approximate surface area is 136 Å². The first-order chi connectivity index (χ1) is 11.1. The van der Waals surface area contributed by atoms with Crippen LogP contribution in [0.4, 0.5) is 17.3 Å². The third-order valence-corrected chi connectivity index (χ3v) is 3.28. The molecule has 0 saturated heterocycles. The Morgan fingerprint density at radius 3 is 2.96 bits per heavy atom. The van der Waals surface area contributed by atoms with Gasteiger partial charge in [-0.2, -0.15) is 5.10 Å². The molecule has 0 saturated carbocycles. The number of rotatable bonds is 5. The zero-order valence-corrected chi connectivity index (χ0v) is 12.6. The highest BCUT2D eigenvalue weighted by Crippen LogP contribution is 2.27. The van der Waals surface area contributed by atoms with E-state index in [1.165, 1.54) is 0 Å². The van der Waals surface area contributed by atoms with E-state index in [1.807, 2.05) is 6.07 Å². The number of hydrogen-bond donors (Lipinski definition) is 4. The van der Waals surface area contributed by atoms with Crippen molar-refractivity contribution in [3.05, 3.63) is 58.9 Å². The van der Waals surface area contributed by atoms with Crippen LogP contribution in [0.2, 0.25) is 5.02 Å². The average Bonchev–Trinajstić information content (AvgIpc) is 3.14. The van der Waals surface area contributed by atoms with E-state index >= 15 is 0 Å². The number of halogens is 1. The number of aromatic amines is 2. The number of carbonyl (C=O) groups is 1. The molecule has 0 aliphatic carbocycles. The zero-order chi connectivity index (χ0) is 16.2. The molecule has 0 fully saturated rings. The number of amides is 1. The topological polar surface area (TPSA) is 112 Å². The maximum absolute atomic E-state index is 11.7. The number of nitrogens with one attached hydrogen (secondary N) is 3. The Morgan fingerprint density at radius 2 is 2.26 bits per heavy atom. The molecule has 8 heteroatoms. The third-order valence-electron chi connectivity index (χ3n) is 3.05. The largest absolute Gasteiger partial charge is 0.367 e. The molecule has 0 bridgehead atoms. The molecule has 3 rings (SSSR count). The Hall–Kier alpha value is -3.06. The van der Waals surface area contributed by atoms with Crippen LogP contribution in [0.5, 0.6) is 0 Å². The van der Waals surface area contributed by atoms with Gasteiger partial charge in [-0.3, -0.25) is 9.89 Å². The lowest BCUT2D eigenvalue weighted by Crippen LogP contribution is -2.12. The summed E-state index contributed by atoms with van der Waals surface area (Å²) < 4.78 is 0. The summed E-state index contributed by atoms with van der Waals surface area (Å²) in [6.45, 7) is 0. The monoisotopic (exact) mass is 328 g/mol. The van der Waals surface area contributed by atoms with Crippen LogP contribution in [0.1, 0.15) is 15.9 Å². The van der Waals surface area contributed by atoms with E-state index in [0.29, 0.717) is 16.5 Å². The van der Waals surface area contributed by atoms with Crippen LogP contribution in [-0.2, 0) is 0 Å². The second kappa shape index (κ2) is 6.37. The molecule has 116 valence electrons. The molecule has 23 heavy (non-hydrogen) atoms. The zero-order valence-electron chi connectivity index (χ0n) is 11.9. The molecule has 3 aromatic rings. The van der Waals surface area contributed by atoms with Crippen LogP contribution in [0.25, 0.3) is 0 Å². The minimum atomic E-state index is -0.635. The molecule has 0 aliphatic heterocycles. The van der Waals surface area contributed by atoms with Gasteiger partial charge in [0.05, 0.1) is 0 Å². The number of carbonyl (C=O) groups excluding carboxylic acids is 1. The molecular formula is C15H13ClN6O. The summed E-state index contributed by atoms with van der Waals surface area (Å²) in [4.78, 5) is 18.8. The summed E-state index contributed by atoms with van der Waals surface area (Å²) in [5.41, 5.74) is 7.18. The second-order valence-corrected chi connectivity index (χ2v) is 5.14. The van der Waals surface area contributed by atoms with Gasteiger partial charge in [-0.1, -0.05) is 17.7 Å². The van der Waals surface area contributed by atoms with Crippen LogP contribution in [0.15, 0.2) is 47.7 Å². The summed E-state index contributed by atoms with van der Waals surface area (Å²) in [5, 5.41) is 10.3. The van der Waals surface area contributed by atoms with Crippen molar-refractivity contribution < 1.29 is 4.79 Å². The fourth-order valence-electron chi connectivity index (χ4n) is 2.01. The average molecular weight is 329 g/mol. The lowest BCUT2D eigenvalue weighted by Gasteiger charge is -2.05. The molecule has 2 heterocycles. The van der Waals surface area contributed by atoms with Gasteiger partial charge in [-0.15, -0.1) is 0 Å². The van der Waals surface area contributed by atoms with E-state index in [4.69, 9.17) is 17.3 Å². The van der Waals surface area contributed by atoms with Gasteiger partial charge in [-0.05, 0) is 24.3 Å². The Bertz CT molecular complexity index is 853. The number of primary amides is 1. The van der Waals surface area contributed by atoms with Crippen molar-refractivity contribution in [1.29, 1.82) is 0 Å².